The molecule has 0 atom stereocenters. The summed E-state index contributed by atoms with van der Waals surface area (Å²) in [5.41, 5.74) is 3.57. The van der Waals surface area contributed by atoms with Gasteiger partial charge < -0.3 is 10.2 Å². The highest BCUT2D eigenvalue weighted by atomic mass is 32.2. The number of benzene rings is 2. The molecule has 166 valence electrons. The zero-order chi connectivity index (χ0) is 22.7. The molecule has 32 heavy (non-hydrogen) atoms. The summed E-state index contributed by atoms with van der Waals surface area (Å²) in [6.45, 7) is 5.22. The number of aromatic nitrogens is 2. The van der Waals surface area contributed by atoms with Crippen LogP contribution >= 0.6 is 0 Å². The van der Waals surface area contributed by atoms with Gasteiger partial charge in [0.15, 0.2) is 5.82 Å². The molecule has 2 aromatic carbocycles. The second-order valence-electron chi connectivity index (χ2n) is 7.69. The van der Waals surface area contributed by atoms with Crippen LogP contribution in [0.4, 0.5) is 11.5 Å². The first kappa shape index (κ1) is 21.9. The van der Waals surface area contributed by atoms with Gasteiger partial charge in [-0.15, -0.1) is 10.2 Å². The topological polar surface area (TPSA) is 95.5 Å². The average Bonchev–Trinajstić information content (AvgIpc) is 2.80. The number of rotatable bonds is 5. The first-order chi connectivity index (χ1) is 15.3. The third-order valence-electron chi connectivity index (χ3n) is 5.45. The van der Waals surface area contributed by atoms with Crippen LogP contribution in [0.5, 0.6) is 0 Å². The molecule has 1 N–H and O–H groups in total. The Balaban J connectivity index is 1.41. The summed E-state index contributed by atoms with van der Waals surface area (Å²) in [6.07, 6.45) is 0. The quantitative estimate of drug-likeness (QED) is 0.641. The minimum Gasteiger partial charge on any atom is -0.352 e. The third kappa shape index (κ3) is 4.63. The number of piperazine rings is 1. The first-order valence-corrected chi connectivity index (χ1v) is 11.8. The zero-order valence-electron chi connectivity index (χ0n) is 18.0. The smallest absolute Gasteiger partial charge is 0.243 e. The standard InChI is InChI=1S/C23H25N5O3S/c1-17-5-3-4-6-21(17)22-11-12-23(26-25-22)27-13-15-28(16-14-27)32(30,31)20-9-7-19(8-10-20)24-18(2)29/h3-12H,13-16H2,1-2H3,(H,24,29). The van der Waals surface area contributed by atoms with E-state index in [1.165, 1.54) is 23.4 Å². The van der Waals surface area contributed by atoms with E-state index in [2.05, 4.69) is 15.5 Å². The summed E-state index contributed by atoms with van der Waals surface area (Å²) >= 11 is 0. The second-order valence-corrected chi connectivity index (χ2v) is 9.63. The predicted octanol–water partition coefficient (Wildman–Crippen LogP) is 2.92. The van der Waals surface area contributed by atoms with Gasteiger partial charge in [-0.2, -0.15) is 4.31 Å². The van der Waals surface area contributed by atoms with E-state index in [0.29, 0.717) is 31.9 Å². The SMILES string of the molecule is CC(=O)Nc1ccc(S(=O)(=O)N2CCN(c3ccc(-c4ccccc4C)nn3)CC2)cc1. The van der Waals surface area contributed by atoms with Crippen molar-refractivity contribution in [3.05, 3.63) is 66.2 Å². The Kier molecular flexibility index (Phi) is 6.20. The number of amides is 1. The highest BCUT2D eigenvalue weighted by molar-refractivity contribution is 7.89. The van der Waals surface area contributed by atoms with Crippen LogP contribution in [0.25, 0.3) is 11.3 Å². The van der Waals surface area contributed by atoms with Crippen LogP contribution in [0.15, 0.2) is 65.6 Å². The lowest BCUT2D eigenvalue weighted by atomic mass is 10.1. The van der Waals surface area contributed by atoms with Gasteiger partial charge in [-0.3, -0.25) is 4.79 Å². The van der Waals surface area contributed by atoms with Crippen molar-refractivity contribution in [2.75, 3.05) is 36.4 Å². The monoisotopic (exact) mass is 451 g/mol. The Morgan fingerprint density at radius 1 is 0.906 bits per heavy atom. The summed E-state index contributed by atoms with van der Waals surface area (Å²) in [4.78, 5) is 13.4. The zero-order valence-corrected chi connectivity index (χ0v) is 18.8. The molecule has 8 nitrogen and oxygen atoms in total. The van der Waals surface area contributed by atoms with Crippen LogP contribution in [0, 0.1) is 6.92 Å². The molecule has 0 bridgehead atoms. The molecule has 9 heteroatoms. The Labute approximate surface area is 187 Å². The number of anilines is 2. The van der Waals surface area contributed by atoms with Crippen molar-refractivity contribution < 1.29 is 13.2 Å². The highest BCUT2D eigenvalue weighted by Crippen LogP contribution is 2.24. The molecule has 0 saturated carbocycles. The Morgan fingerprint density at radius 3 is 2.19 bits per heavy atom. The number of sulfonamides is 1. The van der Waals surface area contributed by atoms with Crippen molar-refractivity contribution in [1.29, 1.82) is 0 Å². The molecule has 2 heterocycles. The van der Waals surface area contributed by atoms with Gasteiger partial charge in [0.2, 0.25) is 15.9 Å². The van der Waals surface area contributed by atoms with E-state index in [1.54, 1.807) is 12.1 Å². The van der Waals surface area contributed by atoms with Gasteiger partial charge in [-0.25, -0.2) is 8.42 Å². The van der Waals surface area contributed by atoms with Crippen LogP contribution in [0.1, 0.15) is 12.5 Å². The summed E-state index contributed by atoms with van der Waals surface area (Å²) in [5, 5.41) is 11.4. The van der Waals surface area contributed by atoms with Crippen molar-refractivity contribution in [1.82, 2.24) is 14.5 Å². The van der Waals surface area contributed by atoms with Crippen molar-refractivity contribution in [2.45, 2.75) is 18.7 Å². The highest BCUT2D eigenvalue weighted by Gasteiger charge is 2.29. The van der Waals surface area contributed by atoms with Gasteiger partial charge in [0.05, 0.1) is 10.6 Å². The largest absolute Gasteiger partial charge is 0.352 e. The second kappa shape index (κ2) is 9.05. The molecule has 0 radical (unpaired) electrons. The molecular formula is C23H25N5O3S. The molecule has 0 spiro atoms. The Hall–Kier alpha value is -3.30. The van der Waals surface area contributed by atoms with E-state index in [9.17, 15) is 13.2 Å². The summed E-state index contributed by atoms with van der Waals surface area (Å²) in [7, 11) is -3.60. The number of carbonyl (C=O) groups is 1. The maximum absolute atomic E-state index is 13.0. The van der Waals surface area contributed by atoms with E-state index in [0.717, 1.165) is 22.6 Å². The first-order valence-electron chi connectivity index (χ1n) is 10.4. The number of hydrogen-bond donors (Lipinski definition) is 1. The molecule has 0 aliphatic carbocycles. The fourth-order valence-corrected chi connectivity index (χ4v) is 5.14. The van der Waals surface area contributed by atoms with Gasteiger partial charge in [0.1, 0.15) is 0 Å². The summed E-state index contributed by atoms with van der Waals surface area (Å²) in [5.74, 6) is 0.533. The van der Waals surface area contributed by atoms with Crippen LogP contribution in [0.3, 0.4) is 0 Å². The number of nitrogens with one attached hydrogen (secondary N) is 1. The maximum Gasteiger partial charge on any atom is 0.243 e. The average molecular weight is 452 g/mol. The number of aryl methyl sites for hydroxylation is 1. The van der Waals surface area contributed by atoms with Gasteiger partial charge >= 0.3 is 0 Å². The molecule has 1 amide bonds. The lowest BCUT2D eigenvalue weighted by Crippen LogP contribution is -2.49. The Morgan fingerprint density at radius 2 is 1.59 bits per heavy atom. The molecule has 3 aromatic rings. The van der Waals surface area contributed by atoms with E-state index in [1.807, 2.05) is 48.2 Å². The van der Waals surface area contributed by atoms with Crippen molar-refractivity contribution in [3.63, 3.8) is 0 Å². The predicted molar refractivity (Wildman–Crippen MR) is 124 cm³/mol. The lowest BCUT2D eigenvalue weighted by Gasteiger charge is -2.34. The summed E-state index contributed by atoms with van der Waals surface area (Å²) < 4.78 is 27.5. The van der Waals surface area contributed by atoms with Crippen LogP contribution in [0.2, 0.25) is 0 Å². The van der Waals surface area contributed by atoms with E-state index >= 15 is 0 Å². The minimum atomic E-state index is -3.60. The molecule has 1 aliphatic rings. The van der Waals surface area contributed by atoms with Crippen molar-refractivity contribution in [3.8, 4) is 11.3 Å². The number of nitrogens with zero attached hydrogens (tertiary/aromatic N) is 4. The number of carbonyl (C=O) groups excluding carboxylic acids is 1. The molecule has 1 fully saturated rings. The van der Waals surface area contributed by atoms with Crippen LogP contribution in [-0.4, -0.2) is 55.0 Å². The van der Waals surface area contributed by atoms with Crippen molar-refractivity contribution >= 4 is 27.4 Å². The third-order valence-corrected chi connectivity index (χ3v) is 7.36. The van der Waals surface area contributed by atoms with E-state index < -0.39 is 10.0 Å². The van der Waals surface area contributed by atoms with Crippen LogP contribution in [-0.2, 0) is 14.8 Å². The van der Waals surface area contributed by atoms with Gasteiger partial charge in [0.25, 0.3) is 0 Å². The van der Waals surface area contributed by atoms with E-state index in [4.69, 9.17) is 0 Å². The number of hydrogen-bond acceptors (Lipinski definition) is 6. The molecule has 0 unspecified atom stereocenters. The molecule has 1 aliphatic heterocycles. The van der Waals surface area contributed by atoms with Gasteiger partial charge in [0, 0.05) is 44.4 Å². The minimum absolute atomic E-state index is 0.202. The summed E-state index contributed by atoms with van der Waals surface area (Å²) in [6, 6.07) is 18.1. The van der Waals surface area contributed by atoms with Crippen molar-refractivity contribution in [2.24, 2.45) is 0 Å². The lowest BCUT2D eigenvalue weighted by molar-refractivity contribution is -0.114. The maximum atomic E-state index is 13.0. The molecular weight excluding hydrogens is 426 g/mol. The van der Waals surface area contributed by atoms with Gasteiger partial charge in [-0.1, -0.05) is 24.3 Å². The fourth-order valence-electron chi connectivity index (χ4n) is 3.72. The molecule has 1 aromatic heterocycles. The van der Waals surface area contributed by atoms with E-state index in [-0.39, 0.29) is 10.8 Å². The molecule has 4 rings (SSSR count). The Bertz CT molecular complexity index is 1200. The van der Waals surface area contributed by atoms with Crippen LogP contribution < -0.4 is 10.2 Å². The normalized spacial score (nSPS) is 14.9. The fraction of sp³-hybridized carbons (Fsp3) is 0.261. The molecule has 1 saturated heterocycles. The van der Waals surface area contributed by atoms with Gasteiger partial charge in [-0.05, 0) is 48.9 Å².